The summed E-state index contributed by atoms with van der Waals surface area (Å²) in [6.45, 7) is 8.12. The lowest BCUT2D eigenvalue weighted by atomic mass is 9.98. The predicted octanol–water partition coefficient (Wildman–Crippen LogP) is 2.44. The second-order valence-electron chi connectivity index (χ2n) is 8.48. The molecule has 0 radical (unpaired) electrons. The number of nitrogens with two attached hydrogens (primary N) is 1. The number of halogens is 1. The van der Waals surface area contributed by atoms with E-state index in [-0.39, 0.29) is 30.9 Å². The number of hydrogen-bond acceptors (Lipinski definition) is 10. The molecule has 1 aliphatic rings. The van der Waals surface area contributed by atoms with Crippen LogP contribution in [0.2, 0.25) is 0 Å². The van der Waals surface area contributed by atoms with E-state index < -0.39 is 48.7 Å². The zero-order chi connectivity index (χ0) is 24.1. The number of ether oxygens (including phenoxy) is 5. The molecule has 1 saturated heterocycles. The Bertz CT molecular complexity index is 857. The molecule has 0 aromatic carbocycles. The standard InChI is InChI=1S/C20H30FN3O8/c1-11(2)8-28-18(26)30-10-13-15(32-19(27)29-9-12(3)4)20(5,21)16(31-13)24-7-6-14(22)23-17(24)25/h6-7,11-13,15-16H,8-10H2,1-5H3,(H2,22,23,25)/t13?,15?,16-,20-/m1/s1. The minimum Gasteiger partial charge on any atom is -0.434 e. The molecule has 0 aliphatic carbocycles. The smallest absolute Gasteiger partial charge is 0.434 e. The van der Waals surface area contributed by atoms with E-state index in [1.54, 1.807) is 0 Å². The first-order chi connectivity index (χ1) is 14.9. The van der Waals surface area contributed by atoms with E-state index in [4.69, 9.17) is 29.4 Å². The summed E-state index contributed by atoms with van der Waals surface area (Å²) >= 11 is 0. The molecule has 0 spiro atoms. The minimum absolute atomic E-state index is 0.0289. The van der Waals surface area contributed by atoms with Gasteiger partial charge in [-0.15, -0.1) is 0 Å². The highest BCUT2D eigenvalue weighted by molar-refractivity contribution is 5.61. The van der Waals surface area contributed by atoms with E-state index in [9.17, 15) is 14.4 Å². The van der Waals surface area contributed by atoms with Gasteiger partial charge in [0.2, 0.25) is 0 Å². The molecule has 32 heavy (non-hydrogen) atoms. The number of carbonyl (C=O) groups is 2. The molecule has 0 saturated carbocycles. The van der Waals surface area contributed by atoms with E-state index in [1.165, 1.54) is 12.3 Å². The molecule has 2 unspecified atom stereocenters. The summed E-state index contributed by atoms with van der Waals surface area (Å²) in [6, 6.07) is 1.29. The van der Waals surface area contributed by atoms with Crippen molar-refractivity contribution < 1.29 is 37.7 Å². The van der Waals surface area contributed by atoms with Crippen LogP contribution in [-0.4, -0.2) is 59.6 Å². The fraction of sp³-hybridized carbons (Fsp3) is 0.700. The third-order valence-electron chi connectivity index (χ3n) is 4.44. The largest absolute Gasteiger partial charge is 0.508 e. The number of hydrogen-bond donors (Lipinski definition) is 1. The Hall–Kier alpha value is -2.89. The van der Waals surface area contributed by atoms with Gasteiger partial charge in [-0.3, -0.25) is 4.57 Å². The van der Waals surface area contributed by atoms with Gasteiger partial charge in [0.25, 0.3) is 0 Å². The third-order valence-corrected chi connectivity index (χ3v) is 4.44. The Morgan fingerprint density at radius 1 is 1.19 bits per heavy atom. The van der Waals surface area contributed by atoms with Crippen LogP contribution in [0.1, 0.15) is 40.8 Å². The molecule has 1 aromatic heterocycles. The van der Waals surface area contributed by atoms with Crippen molar-refractivity contribution in [2.24, 2.45) is 11.8 Å². The quantitative estimate of drug-likeness (QED) is 0.576. The van der Waals surface area contributed by atoms with Gasteiger partial charge in [-0.25, -0.2) is 18.8 Å². The van der Waals surface area contributed by atoms with Crippen molar-refractivity contribution in [3.63, 3.8) is 0 Å². The van der Waals surface area contributed by atoms with Crippen LogP contribution in [0.3, 0.4) is 0 Å². The summed E-state index contributed by atoms with van der Waals surface area (Å²) in [7, 11) is 0. The number of aromatic nitrogens is 2. The molecular formula is C20H30FN3O8. The van der Waals surface area contributed by atoms with Gasteiger partial charge in [0, 0.05) is 6.20 Å². The monoisotopic (exact) mass is 459 g/mol. The summed E-state index contributed by atoms with van der Waals surface area (Å²) in [6.07, 6.45) is -5.24. The first kappa shape index (κ1) is 25.4. The maximum Gasteiger partial charge on any atom is 0.508 e. The van der Waals surface area contributed by atoms with Crippen molar-refractivity contribution in [1.29, 1.82) is 0 Å². The van der Waals surface area contributed by atoms with Crippen molar-refractivity contribution in [2.45, 2.75) is 58.7 Å². The fourth-order valence-electron chi connectivity index (χ4n) is 2.93. The van der Waals surface area contributed by atoms with Crippen molar-refractivity contribution >= 4 is 18.1 Å². The first-order valence-electron chi connectivity index (χ1n) is 10.2. The molecule has 11 nitrogen and oxygen atoms in total. The Morgan fingerprint density at radius 3 is 2.34 bits per heavy atom. The number of anilines is 1. The number of carbonyl (C=O) groups excluding carboxylic acids is 2. The molecular weight excluding hydrogens is 429 g/mol. The van der Waals surface area contributed by atoms with E-state index in [1.807, 2.05) is 27.7 Å². The van der Waals surface area contributed by atoms with Crippen molar-refractivity contribution in [2.75, 3.05) is 25.6 Å². The number of alkyl halides is 1. The van der Waals surface area contributed by atoms with Crippen molar-refractivity contribution in [1.82, 2.24) is 9.55 Å². The summed E-state index contributed by atoms with van der Waals surface area (Å²) in [4.78, 5) is 39.7. The average molecular weight is 459 g/mol. The fourth-order valence-corrected chi connectivity index (χ4v) is 2.93. The van der Waals surface area contributed by atoms with Crippen molar-refractivity contribution in [3.8, 4) is 0 Å². The minimum atomic E-state index is -2.41. The van der Waals surface area contributed by atoms with Crippen LogP contribution in [-0.2, 0) is 23.7 Å². The molecule has 0 amide bonds. The van der Waals surface area contributed by atoms with Crippen LogP contribution in [0.15, 0.2) is 17.1 Å². The Balaban J connectivity index is 2.22. The maximum atomic E-state index is 15.8. The zero-order valence-corrected chi connectivity index (χ0v) is 18.8. The normalized spacial score (nSPS) is 25.1. The topological polar surface area (TPSA) is 141 Å². The molecule has 2 heterocycles. The van der Waals surface area contributed by atoms with Gasteiger partial charge in [-0.1, -0.05) is 27.7 Å². The van der Waals surface area contributed by atoms with Crippen LogP contribution in [0.4, 0.5) is 19.8 Å². The van der Waals surface area contributed by atoms with Crippen LogP contribution in [0, 0.1) is 11.8 Å². The van der Waals surface area contributed by atoms with Gasteiger partial charge in [0.15, 0.2) is 18.0 Å². The molecule has 1 fully saturated rings. The van der Waals surface area contributed by atoms with Gasteiger partial charge < -0.3 is 29.4 Å². The van der Waals surface area contributed by atoms with E-state index >= 15 is 4.39 Å². The van der Waals surface area contributed by atoms with Gasteiger partial charge >= 0.3 is 18.0 Å². The molecule has 180 valence electrons. The first-order valence-corrected chi connectivity index (χ1v) is 10.2. The van der Waals surface area contributed by atoms with E-state index in [0.29, 0.717) is 0 Å². The Morgan fingerprint density at radius 2 is 1.78 bits per heavy atom. The van der Waals surface area contributed by atoms with E-state index in [0.717, 1.165) is 11.5 Å². The second-order valence-corrected chi connectivity index (χ2v) is 8.48. The molecule has 2 N–H and O–H groups in total. The van der Waals surface area contributed by atoms with Gasteiger partial charge in [-0.2, -0.15) is 4.98 Å². The molecule has 1 aliphatic heterocycles. The van der Waals surface area contributed by atoms with Crippen LogP contribution < -0.4 is 11.4 Å². The Kier molecular flexibility index (Phi) is 8.42. The van der Waals surface area contributed by atoms with Gasteiger partial charge in [-0.05, 0) is 24.8 Å². The van der Waals surface area contributed by atoms with Crippen LogP contribution in [0.25, 0.3) is 0 Å². The lowest BCUT2D eigenvalue weighted by molar-refractivity contribution is -0.0702. The summed E-state index contributed by atoms with van der Waals surface area (Å²) in [5, 5.41) is 0. The van der Waals surface area contributed by atoms with Crippen molar-refractivity contribution in [3.05, 3.63) is 22.7 Å². The maximum absolute atomic E-state index is 15.8. The summed E-state index contributed by atoms with van der Waals surface area (Å²) in [5.41, 5.74) is 2.21. The highest BCUT2D eigenvalue weighted by Gasteiger charge is 2.59. The number of nitrogens with zero attached hydrogens (tertiary/aromatic N) is 2. The lowest BCUT2D eigenvalue weighted by Gasteiger charge is -2.27. The molecule has 2 rings (SSSR count). The Labute approximate surface area is 184 Å². The van der Waals surface area contributed by atoms with E-state index in [2.05, 4.69) is 4.98 Å². The SMILES string of the molecule is CC(C)COC(=O)OCC1O[C@@H](n2ccc(N)nc2=O)[C@](C)(F)C1OC(=O)OCC(C)C. The summed E-state index contributed by atoms with van der Waals surface area (Å²) in [5.74, 6) is 0.0596. The highest BCUT2D eigenvalue weighted by Crippen LogP contribution is 2.42. The third kappa shape index (κ3) is 6.55. The molecule has 12 heteroatoms. The number of rotatable bonds is 8. The molecule has 0 bridgehead atoms. The molecule has 4 atom stereocenters. The van der Waals surface area contributed by atoms with Crippen LogP contribution >= 0.6 is 0 Å². The number of nitrogen functional groups attached to an aromatic ring is 1. The highest BCUT2D eigenvalue weighted by atomic mass is 19.1. The lowest BCUT2D eigenvalue weighted by Crippen LogP contribution is -2.46. The second kappa shape index (κ2) is 10.6. The zero-order valence-electron chi connectivity index (χ0n) is 18.8. The predicted molar refractivity (Wildman–Crippen MR) is 110 cm³/mol. The summed E-state index contributed by atoms with van der Waals surface area (Å²) < 4.78 is 42.4. The van der Waals surface area contributed by atoms with Gasteiger partial charge in [0.1, 0.15) is 18.5 Å². The molecule has 1 aromatic rings. The van der Waals surface area contributed by atoms with Crippen LogP contribution in [0.5, 0.6) is 0 Å². The average Bonchev–Trinajstić information content (AvgIpc) is 2.93. The van der Waals surface area contributed by atoms with Gasteiger partial charge in [0.05, 0.1) is 13.2 Å².